The molecule has 0 bridgehead atoms. The molecular formula is C23H18FN3OS. The Morgan fingerprint density at radius 1 is 0.966 bits per heavy atom. The van der Waals surface area contributed by atoms with Gasteiger partial charge in [0.2, 0.25) is 0 Å². The van der Waals surface area contributed by atoms with E-state index in [1.165, 1.54) is 23.5 Å². The standard InChI is InChI=1S/C23H18FN3OS/c24-17-7-12-20-21(13-17)29-23(27-20)26-19-8-5-15(6-9-19)14-1-3-16(4-2-14)22(28)25-18-10-11-18/h1-9,12-13,18H,10-11H2,(H,25,28)(H,26,27). The van der Waals surface area contributed by atoms with Crippen LogP contribution in [0.15, 0.2) is 66.7 Å². The molecule has 1 aromatic heterocycles. The van der Waals surface area contributed by atoms with Crippen LogP contribution in [0.4, 0.5) is 15.2 Å². The first kappa shape index (κ1) is 17.8. The van der Waals surface area contributed by atoms with Gasteiger partial charge >= 0.3 is 0 Å². The van der Waals surface area contributed by atoms with E-state index in [1.807, 2.05) is 48.5 Å². The van der Waals surface area contributed by atoms with Gasteiger partial charge in [0.25, 0.3) is 5.91 Å². The van der Waals surface area contributed by atoms with Crippen molar-refractivity contribution in [2.24, 2.45) is 0 Å². The van der Waals surface area contributed by atoms with Crippen molar-refractivity contribution in [2.75, 3.05) is 5.32 Å². The third-order valence-corrected chi connectivity index (χ3v) is 5.81. The summed E-state index contributed by atoms with van der Waals surface area (Å²) < 4.78 is 14.2. The number of fused-ring (bicyclic) bond motifs is 1. The van der Waals surface area contributed by atoms with E-state index < -0.39 is 0 Å². The van der Waals surface area contributed by atoms with Gasteiger partial charge in [0.15, 0.2) is 5.13 Å². The Balaban J connectivity index is 1.29. The molecule has 144 valence electrons. The summed E-state index contributed by atoms with van der Waals surface area (Å²) in [4.78, 5) is 16.6. The van der Waals surface area contributed by atoms with Crippen LogP contribution in [0, 0.1) is 5.82 Å². The van der Waals surface area contributed by atoms with E-state index in [2.05, 4.69) is 15.6 Å². The second kappa shape index (κ2) is 7.29. The topological polar surface area (TPSA) is 54.0 Å². The number of halogens is 1. The number of hydrogen-bond acceptors (Lipinski definition) is 4. The van der Waals surface area contributed by atoms with Gasteiger partial charge in [0.1, 0.15) is 5.82 Å². The minimum atomic E-state index is -0.256. The van der Waals surface area contributed by atoms with Crippen molar-refractivity contribution in [3.63, 3.8) is 0 Å². The summed E-state index contributed by atoms with van der Waals surface area (Å²) >= 11 is 1.42. The van der Waals surface area contributed by atoms with E-state index in [0.717, 1.165) is 45.0 Å². The van der Waals surface area contributed by atoms with Crippen LogP contribution in [0.3, 0.4) is 0 Å². The van der Waals surface area contributed by atoms with E-state index in [0.29, 0.717) is 11.6 Å². The molecule has 1 saturated carbocycles. The maximum atomic E-state index is 13.3. The molecular weight excluding hydrogens is 385 g/mol. The first-order valence-corrected chi connectivity index (χ1v) is 10.3. The molecule has 1 aliphatic rings. The Morgan fingerprint density at radius 2 is 1.66 bits per heavy atom. The number of thiazole rings is 1. The first-order valence-electron chi connectivity index (χ1n) is 9.48. The molecule has 4 nitrogen and oxygen atoms in total. The molecule has 4 aromatic rings. The Bertz CT molecular complexity index is 1180. The summed E-state index contributed by atoms with van der Waals surface area (Å²) in [5.74, 6) is -0.262. The summed E-state index contributed by atoms with van der Waals surface area (Å²) in [5, 5.41) is 7.00. The third-order valence-electron chi connectivity index (χ3n) is 4.88. The van der Waals surface area contributed by atoms with Crippen LogP contribution in [0.1, 0.15) is 23.2 Å². The average Bonchev–Trinajstić information content (AvgIpc) is 3.46. The fourth-order valence-electron chi connectivity index (χ4n) is 3.13. The van der Waals surface area contributed by atoms with Crippen molar-refractivity contribution in [2.45, 2.75) is 18.9 Å². The zero-order valence-corrected chi connectivity index (χ0v) is 16.3. The minimum Gasteiger partial charge on any atom is -0.349 e. The number of nitrogens with one attached hydrogen (secondary N) is 2. The van der Waals surface area contributed by atoms with Gasteiger partial charge in [-0.25, -0.2) is 9.37 Å². The number of carbonyl (C=O) groups excluding carboxylic acids is 1. The number of rotatable bonds is 5. The Kier molecular flexibility index (Phi) is 4.48. The van der Waals surface area contributed by atoms with Gasteiger partial charge in [-0.3, -0.25) is 4.79 Å². The molecule has 1 heterocycles. The number of aromatic nitrogens is 1. The predicted octanol–water partition coefficient (Wildman–Crippen LogP) is 5.74. The van der Waals surface area contributed by atoms with Crippen LogP contribution in [0.2, 0.25) is 0 Å². The molecule has 0 saturated heterocycles. The molecule has 1 fully saturated rings. The zero-order valence-electron chi connectivity index (χ0n) is 15.5. The molecule has 0 aliphatic heterocycles. The fourth-order valence-corrected chi connectivity index (χ4v) is 4.04. The van der Waals surface area contributed by atoms with E-state index >= 15 is 0 Å². The summed E-state index contributed by atoms with van der Waals surface area (Å²) in [6.45, 7) is 0. The molecule has 0 atom stereocenters. The van der Waals surface area contributed by atoms with Gasteiger partial charge in [-0.05, 0) is 66.4 Å². The van der Waals surface area contributed by atoms with E-state index in [-0.39, 0.29) is 11.7 Å². The maximum Gasteiger partial charge on any atom is 0.251 e. The van der Waals surface area contributed by atoms with Crippen LogP contribution in [-0.2, 0) is 0 Å². The van der Waals surface area contributed by atoms with Crippen molar-refractivity contribution in [1.29, 1.82) is 0 Å². The molecule has 5 rings (SSSR count). The maximum absolute atomic E-state index is 13.3. The third kappa shape index (κ3) is 3.98. The predicted molar refractivity (Wildman–Crippen MR) is 115 cm³/mol. The van der Waals surface area contributed by atoms with Gasteiger partial charge in [0, 0.05) is 17.3 Å². The zero-order chi connectivity index (χ0) is 19.8. The van der Waals surface area contributed by atoms with Crippen LogP contribution in [-0.4, -0.2) is 16.9 Å². The lowest BCUT2D eigenvalue weighted by atomic mass is 10.0. The van der Waals surface area contributed by atoms with Crippen molar-refractivity contribution in [3.8, 4) is 11.1 Å². The Hall–Kier alpha value is -3.25. The molecule has 29 heavy (non-hydrogen) atoms. The second-order valence-electron chi connectivity index (χ2n) is 7.16. The Morgan fingerprint density at radius 3 is 2.34 bits per heavy atom. The van der Waals surface area contributed by atoms with Crippen LogP contribution in [0.5, 0.6) is 0 Å². The van der Waals surface area contributed by atoms with Crippen LogP contribution >= 0.6 is 11.3 Å². The summed E-state index contributed by atoms with van der Waals surface area (Å²) in [6.07, 6.45) is 2.16. The molecule has 6 heteroatoms. The number of nitrogens with zero attached hydrogens (tertiary/aromatic N) is 1. The quantitative estimate of drug-likeness (QED) is 0.447. The lowest BCUT2D eigenvalue weighted by Crippen LogP contribution is -2.25. The summed E-state index contributed by atoms with van der Waals surface area (Å²) in [5.41, 5.74) is 4.49. The van der Waals surface area contributed by atoms with Gasteiger partial charge in [-0.2, -0.15) is 0 Å². The normalized spacial score (nSPS) is 13.4. The van der Waals surface area contributed by atoms with Crippen molar-refractivity contribution in [1.82, 2.24) is 10.3 Å². The summed E-state index contributed by atoms with van der Waals surface area (Å²) in [7, 11) is 0. The monoisotopic (exact) mass is 403 g/mol. The van der Waals surface area contributed by atoms with Crippen molar-refractivity contribution < 1.29 is 9.18 Å². The fraction of sp³-hybridized carbons (Fsp3) is 0.130. The number of carbonyl (C=O) groups is 1. The van der Waals surface area contributed by atoms with Crippen molar-refractivity contribution in [3.05, 3.63) is 78.1 Å². The SMILES string of the molecule is O=C(NC1CC1)c1ccc(-c2ccc(Nc3nc4ccc(F)cc4s3)cc2)cc1. The molecule has 0 unspecified atom stereocenters. The highest BCUT2D eigenvalue weighted by Crippen LogP contribution is 2.30. The van der Waals surface area contributed by atoms with E-state index in [4.69, 9.17) is 0 Å². The van der Waals surface area contributed by atoms with Gasteiger partial charge < -0.3 is 10.6 Å². The minimum absolute atomic E-state index is 0.00526. The van der Waals surface area contributed by atoms with E-state index in [1.54, 1.807) is 6.07 Å². The van der Waals surface area contributed by atoms with Gasteiger partial charge in [-0.1, -0.05) is 35.6 Å². The largest absolute Gasteiger partial charge is 0.349 e. The number of amides is 1. The second-order valence-corrected chi connectivity index (χ2v) is 8.19. The highest BCUT2D eigenvalue weighted by atomic mass is 32.1. The molecule has 0 radical (unpaired) electrons. The number of anilines is 2. The van der Waals surface area contributed by atoms with Crippen LogP contribution < -0.4 is 10.6 Å². The number of benzene rings is 3. The van der Waals surface area contributed by atoms with E-state index in [9.17, 15) is 9.18 Å². The molecule has 1 amide bonds. The average molecular weight is 403 g/mol. The molecule has 1 aliphatic carbocycles. The number of hydrogen-bond donors (Lipinski definition) is 2. The first-order chi connectivity index (χ1) is 14.1. The van der Waals surface area contributed by atoms with Gasteiger partial charge in [0.05, 0.1) is 10.2 Å². The van der Waals surface area contributed by atoms with Crippen LogP contribution in [0.25, 0.3) is 21.3 Å². The smallest absolute Gasteiger partial charge is 0.251 e. The highest BCUT2D eigenvalue weighted by Gasteiger charge is 2.23. The summed E-state index contributed by atoms with van der Waals surface area (Å²) in [6, 6.07) is 20.6. The molecule has 2 N–H and O–H groups in total. The van der Waals surface area contributed by atoms with Crippen molar-refractivity contribution >= 4 is 38.3 Å². The van der Waals surface area contributed by atoms with Gasteiger partial charge in [-0.15, -0.1) is 0 Å². The molecule has 3 aromatic carbocycles. The lowest BCUT2D eigenvalue weighted by Gasteiger charge is -2.07. The Labute approximate surface area is 171 Å². The lowest BCUT2D eigenvalue weighted by molar-refractivity contribution is 0.0951. The molecule has 0 spiro atoms. The highest BCUT2D eigenvalue weighted by molar-refractivity contribution is 7.22.